The zero-order valence-corrected chi connectivity index (χ0v) is 15.5. The summed E-state index contributed by atoms with van der Waals surface area (Å²) in [5, 5.41) is 0. The molecule has 0 aliphatic carbocycles. The van der Waals surface area contributed by atoms with E-state index in [1.54, 1.807) is 7.11 Å². The summed E-state index contributed by atoms with van der Waals surface area (Å²) in [6.07, 6.45) is 0. The Balaban J connectivity index is 1.94. The molecular weight excluding hydrogens is 330 g/mol. The maximum Gasteiger partial charge on any atom is 0.118 e. The molecule has 0 bridgehead atoms. The van der Waals surface area contributed by atoms with E-state index in [0.29, 0.717) is 0 Å². The third-order valence-corrected chi connectivity index (χ3v) is 4.79. The highest BCUT2D eigenvalue weighted by Crippen LogP contribution is 2.34. The highest BCUT2D eigenvalue weighted by molar-refractivity contribution is 5.80. The lowest BCUT2D eigenvalue weighted by Gasteiger charge is -2.15. The molecular formula is C25H21NO. The summed E-state index contributed by atoms with van der Waals surface area (Å²) in [6.45, 7) is 2.14. The average molecular weight is 351 g/mol. The molecule has 2 nitrogen and oxygen atoms in total. The number of benzene rings is 3. The lowest BCUT2D eigenvalue weighted by Crippen LogP contribution is -1.96. The van der Waals surface area contributed by atoms with E-state index in [1.807, 2.05) is 36.4 Å². The third kappa shape index (κ3) is 3.47. The summed E-state index contributed by atoms with van der Waals surface area (Å²) in [4.78, 5) is 5.01. The van der Waals surface area contributed by atoms with Crippen LogP contribution in [0.2, 0.25) is 0 Å². The van der Waals surface area contributed by atoms with Crippen LogP contribution in [-0.2, 0) is 0 Å². The van der Waals surface area contributed by atoms with Gasteiger partial charge in [0.15, 0.2) is 0 Å². The van der Waals surface area contributed by atoms with Gasteiger partial charge in [-0.3, -0.25) is 0 Å². The fraction of sp³-hybridized carbons (Fsp3) is 0.0800. The number of hydrogen-bond donors (Lipinski definition) is 0. The Bertz CT molecular complexity index is 1040. The van der Waals surface area contributed by atoms with Crippen LogP contribution < -0.4 is 4.74 Å². The lowest BCUT2D eigenvalue weighted by atomic mass is 9.94. The Morgan fingerprint density at radius 3 is 1.85 bits per heavy atom. The topological polar surface area (TPSA) is 22.1 Å². The van der Waals surface area contributed by atoms with Gasteiger partial charge in [0.05, 0.1) is 18.5 Å². The quantitative estimate of drug-likeness (QED) is 0.424. The van der Waals surface area contributed by atoms with Crippen LogP contribution in [0, 0.1) is 6.92 Å². The van der Waals surface area contributed by atoms with Crippen molar-refractivity contribution in [3.05, 3.63) is 96.6 Å². The summed E-state index contributed by atoms with van der Waals surface area (Å²) < 4.78 is 5.30. The van der Waals surface area contributed by atoms with Crippen molar-refractivity contribution in [2.45, 2.75) is 6.92 Å². The van der Waals surface area contributed by atoms with Crippen molar-refractivity contribution in [1.82, 2.24) is 4.98 Å². The second-order valence-electron chi connectivity index (χ2n) is 6.49. The van der Waals surface area contributed by atoms with Crippen LogP contribution in [0.4, 0.5) is 0 Å². The van der Waals surface area contributed by atoms with Gasteiger partial charge in [0.25, 0.3) is 0 Å². The van der Waals surface area contributed by atoms with Gasteiger partial charge in [-0.05, 0) is 53.9 Å². The largest absolute Gasteiger partial charge is 0.497 e. The maximum atomic E-state index is 5.30. The average Bonchev–Trinajstić information content (AvgIpc) is 2.75. The molecule has 0 spiro atoms. The van der Waals surface area contributed by atoms with Gasteiger partial charge in [-0.2, -0.15) is 0 Å². The summed E-state index contributed by atoms with van der Waals surface area (Å²) in [7, 11) is 1.68. The minimum Gasteiger partial charge on any atom is -0.497 e. The number of aromatic nitrogens is 1. The molecule has 3 aromatic carbocycles. The van der Waals surface area contributed by atoms with Gasteiger partial charge in [0.2, 0.25) is 0 Å². The smallest absolute Gasteiger partial charge is 0.118 e. The van der Waals surface area contributed by atoms with Crippen molar-refractivity contribution < 1.29 is 4.74 Å². The van der Waals surface area contributed by atoms with Crippen LogP contribution in [0.3, 0.4) is 0 Å². The van der Waals surface area contributed by atoms with E-state index < -0.39 is 0 Å². The van der Waals surface area contributed by atoms with Crippen molar-refractivity contribution >= 4 is 0 Å². The molecule has 0 saturated heterocycles. The van der Waals surface area contributed by atoms with Gasteiger partial charge in [-0.15, -0.1) is 0 Å². The predicted octanol–water partition coefficient (Wildman–Crippen LogP) is 6.40. The molecule has 0 N–H and O–H groups in total. The zero-order valence-electron chi connectivity index (χ0n) is 15.5. The molecule has 1 heterocycles. The van der Waals surface area contributed by atoms with Crippen molar-refractivity contribution in [2.75, 3.05) is 7.11 Å². The summed E-state index contributed by atoms with van der Waals surface area (Å²) >= 11 is 0. The Hall–Kier alpha value is -3.39. The molecule has 0 aliphatic heterocycles. The van der Waals surface area contributed by atoms with Crippen molar-refractivity contribution in [1.29, 1.82) is 0 Å². The molecule has 0 atom stereocenters. The Morgan fingerprint density at radius 1 is 0.667 bits per heavy atom. The van der Waals surface area contributed by atoms with E-state index in [2.05, 4.69) is 61.5 Å². The summed E-state index contributed by atoms with van der Waals surface area (Å²) in [5.74, 6) is 0.846. The van der Waals surface area contributed by atoms with Crippen LogP contribution in [-0.4, -0.2) is 12.1 Å². The van der Waals surface area contributed by atoms with Crippen LogP contribution >= 0.6 is 0 Å². The summed E-state index contributed by atoms with van der Waals surface area (Å²) in [6, 6.07) is 31.1. The minimum absolute atomic E-state index is 0.846. The number of hydrogen-bond acceptors (Lipinski definition) is 2. The van der Waals surface area contributed by atoms with E-state index in [9.17, 15) is 0 Å². The number of pyridine rings is 1. The highest BCUT2D eigenvalue weighted by Gasteiger charge is 2.13. The van der Waals surface area contributed by atoms with E-state index in [0.717, 1.165) is 28.3 Å². The summed E-state index contributed by atoms with van der Waals surface area (Å²) in [5.41, 5.74) is 7.75. The molecule has 0 aliphatic rings. The van der Waals surface area contributed by atoms with Crippen LogP contribution in [0.5, 0.6) is 5.75 Å². The number of nitrogens with zero attached hydrogens (tertiary/aromatic N) is 1. The van der Waals surface area contributed by atoms with Crippen LogP contribution in [0.1, 0.15) is 5.56 Å². The fourth-order valence-corrected chi connectivity index (χ4v) is 3.31. The standard InChI is InChI=1S/C25H21NO/c1-18-23(19-9-5-3-6-10-19)17-24(20-11-7-4-8-12-20)26-25(18)21-13-15-22(27-2)16-14-21/h3-17H,1-2H3. The van der Waals surface area contributed by atoms with E-state index in [-0.39, 0.29) is 0 Å². The maximum absolute atomic E-state index is 5.30. The molecule has 0 saturated carbocycles. The van der Waals surface area contributed by atoms with Gasteiger partial charge in [-0.1, -0.05) is 60.7 Å². The first-order chi connectivity index (χ1) is 13.3. The molecule has 0 unspecified atom stereocenters. The molecule has 27 heavy (non-hydrogen) atoms. The predicted molar refractivity (Wildman–Crippen MR) is 112 cm³/mol. The first kappa shape index (κ1) is 17.0. The fourth-order valence-electron chi connectivity index (χ4n) is 3.31. The third-order valence-electron chi connectivity index (χ3n) is 4.79. The Morgan fingerprint density at radius 2 is 1.26 bits per heavy atom. The van der Waals surface area contributed by atoms with Crippen molar-refractivity contribution in [2.24, 2.45) is 0 Å². The molecule has 0 amide bonds. The SMILES string of the molecule is COc1ccc(-c2nc(-c3ccccc3)cc(-c3ccccc3)c2C)cc1. The first-order valence-corrected chi connectivity index (χ1v) is 9.03. The van der Waals surface area contributed by atoms with Gasteiger partial charge >= 0.3 is 0 Å². The van der Waals surface area contributed by atoms with E-state index >= 15 is 0 Å². The molecule has 132 valence electrons. The van der Waals surface area contributed by atoms with Crippen LogP contribution in [0.25, 0.3) is 33.6 Å². The Kier molecular flexibility index (Phi) is 4.71. The van der Waals surface area contributed by atoms with Crippen molar-refractivity contribution in [3.63, 3.8) is 0 Å². The first-order valence-electron chi connectivity index (χ1n) is 9.03. The minimum atomic E-state index is 0.846. The normalized spacial score (nSPS) is 10.6. The zero-order chi connectivity index (χ0) is 18.6. The van der Waals surface area contributed by atoms with Gasteiger partial charge < -0.3 is 4.74 Å². The molecule has 4 rings (SSSR count). The molecule has 1 aromatic heterocycles. The van der Waals surface area contributed by atoms with E-state index in [4.69, 9.17) is 9.72 Å². The van der Waals surface area contributed by atoms with Gasteiger partial charge in [0, 0.05) is 11.1 Å². The van der Waals surface area contributed by atoms with Gasteiger partial charge in [-0.25, -0.2) is 4.98 Å². The molecule has 0 radical (unpaired) electrons. The monoisotopic (exact) mass is 351 g/mol. The van der Waals surface area contributed by atoms with Gasteiger partial charge in [0.1, 0.15) is 5.75 Å². The number of rotatable bonds is 4. The highest BCUT2D eigenvalue weighted by atomic mass is 16.5. The second kappa shape index (κ2) is 7.46. The molecule has 0 fully saturated rings. The molecule has 2 heteroatoms. The van der Waals surface area contributed by atoms with Crippen molar-refractivity contribution in [3.8, 4) is 39.4 Å². The van der Waals surface area contributed by atoms with E-state index in [1.165, 1.54) is 16.7 Å². The second-order valence-corrected chi connectivity index (χ2v) is 6.49. The Labute approximate surface area is 160 Å². The number of methoxy groups -OCH3 is 1. The molecule has 4 aromatic rings. The van der Waals surface area contributed by atoms with Crippen LogP contribution in [0.15, 0.2) is 91.0 Å². The lowest BCUT2D eigenvalue weighted by molar-refractivity contribution is 0.415. The number of ether oxygens (including phenoxy) is 1.